The van der Waals surface area contributed by atoms with Crippen LogP contribution in [0, 0.1) is 12.8 Å². The minimum absolute atomic E-state index is 0.00173. The lowest BCUT2D eigenvalue weighted by Crippen LogP contribution is -2.24. The molecule has 2 N–H and O–H groups in total. The second-order valence-corrected chi connectivity index (χ2v) is 7.66. The number of hydrogen-bond donors (Lipinski definition) is 2. The number of allylic oxidation sites excluding steroid dienone is 1. The Kier molecular flexibility index (Phi) is 5.59. The van der Waals surface area contributed by atoms with E-state index in [0.717, 1.165) is 17.7 Å². The molecular formula is C26H25NO2. The van der Waals surface area contributed by atoms with Gasteiger partial charge in [-0.3, -0.25) is 4.79 Å². The molecule has 0 saturated carbocycles. The highest BCUT2D eigenvalue weighted by Crippen LogP contribution is 2.29. The third-order valence-corrected chi connectivity index (χ3v) is 5.49. The number of hydrogen-bond acceptors (Lipinski definition) is 2. The monoisotopic (exact) mass is 383 g/mol. The fourth-order valence-corrected chi connectivity index (χ4v) is 3.72. The molecule has 3 aromatic rings. The lowest BCUT2D eigenvalue weighted by atomic mass is 9.92. The first-order valence-electron chi connectivity index (χ1n) is 9.99. The highest BCUT2D eigenvalue weighted by atomic mass is 16.3. The van der Waals surface area contributed by atoms with Crippen molar-refractivity contribution in [1.29, 1.82) is 0 Å². The average molecular weight is 383 g/mol. The van der Waals surface area contributed by atoms with Gasteiger partial charge in [0.1, 0.15) is 0 Å². The first kappa shape index (κ1) is 19.2. The Morgan fingerprint density at radius 1 is 1.00 bits per heavy atom. The summed E-state index contributed by atoms with van der Waals surface area (Å²) in [6.45, 7) is 2.09. The minimum Gasteiger partial charge on any atom is -0.392 e. The van der Waals surface area contributed by atoms with E-state index in [2.05, 4.69) is 66.9 Å². The fraction of sp³-hybridized carbons (Fsp3) is 0.192. The van der Waals surface area contributed by atoms with Crippen LogP contribution in [0.2, 0.25) is 0 Å². The van der Waals surface area contributed by atoms with Crippen molar-refractivity contribution < 1.29 is 9.90 Å². The summed E-state index contributed by atoms with van der Waals surface area (Å²) in [7, 11) is 0. The zero-order chi connectivity index (χ0) is 20.2. The maximum atomic E-state index is 12.9. The second kappa shape index (κ2) is 8.46. The Hall–Kier alpha value is -3.17. The Morgan fingerprint density at radius 2 is 1.72 bits per heavy atom. The van der Waals surface area contributed by atoms with Crippen LogP contribution in [-0.4, -0.2) is 11.0 Å². The zero-order valence-corrected chi connectivity index (χ0v) is 16.6. The van der Waals surface area contributed by atoms with E-state index in [9.17, 15) is 4.79 Å². The van der Waals surface area contributed by atoms with E-state index in [1.165, 1.54) is 27.8 Å². The highest BCUT2D eigenvalue weighted by molar-refractivity contribution is 5.93. The number of amides is 1. The molecule has 0 fully saturated rings. The summed E-state index contributed by atoms with van der Waals surface area (Å²) >= 11 is 0. The van der Waals surface area contributed by atoms with Gasteiger partial charge in [-0.15, -0.1) is 0 Å². The van der Waals surface area contributed by atoms with Crippen LogP contribution in [0.1, 0.15) is 28.7 Å². The zero-order valence-electron chi connectivity index (χ0n) is 16.6. The van der Waals surface area contributed by atoms with Crippen molar-refractivity contribution >= 4 is 17.7 Å². The third-order valence-electron chi connectivity index (χ3n) is 5.49. The van der Waals surface area contributed by atoms with Gasteiger partial charge in [-0.05, 0) is 59.7 Å². The number of fused-ring (bicyclic) bond motifs is 1. The third kappa shape index (κ3) is 4.47. The van der Waals surface area contributed by atoms with Crippen molar-refractivity contribution in [2.45, 2.75) is 26.4 Å². The number of carbonyl (C=O) groups is 1. The molecule has 0 radical (unpaired) electrons. The van der Waals surface area contributed by atoms with Gasteiger partial charge >= 0.3 is 0 Å². The number of anilines is 1. The Morgan fingerprint density at radius 3 is 2.45 bits per heavy atom. The molecule has 1 aliphatic carbocycles. The molecule has 0 aliphatic heterocycles. The molecule has 1 atom stereocenters. The van der Waals surface area contributed by atoms with Gasteiger partial charge in [-0.1, -0.05) is 72.3 Å². The highest BCUT2D eigenvalue weighted by Gasteiger charge is 2.21. The number of rotatable bonds is 4. The molecule has 29 heavy (non-hydrogen) atoms. The van der Waals surface area contributed by atoms with Crippen LogP contribution in [0.25, 0.3) is 17.2 Å². The molecule has 1 amide bonds. The Labute approximate surface area is 171 Å². The summed E-state index contributed by atoms with van der Waals surface area (Å²) in [6.07, 6.45) is 5.64. The maximum absolute atomic E-state index is 12.9. The van der Waals surface area contributed by atoms with Crippen LogP contribution in [-0.2, 0) is 17.8 Å². The number of nitrogens with one attached hydrogen (secondary N) is 1. The van der Waals surface area contributed by atoms with E-state index in [4.69, 9.17) is 5.11 Å². The van der Waals surface area contributed by atoms with Gasteiger partial charge in [0.25, 0.3) is 0 Å². The van der Waals surface area contributed by atoms with Gasteiger partial charge in [0, 0.05) is 11.6 Å². The van der Waals surface area contributed by atoms with Crippen molar-refractivity contribution in [3.05, 3.63) is 95.1 Å². The van der Waals surface area contributed by atoms with Gasteiger partial charge in [0.15, 0.2) is 0 Å². The number of aliphatic hydroxyl groups is 1. The summed E-state index contributed by atoms with van der Waals surface area (Å²) in [6, 6.07) is 22.4. The van der Waals surface area contributed by atoms with E-state index in [0.29, 0.717) is 6.42 Å². The molecule has 1 aliphatic rings. The summed E-state index contributed by atoms with van der Waals surface area (Å²) in [4.78, 5) is 12.9. The molecule has 1 unspecified atom stereocenters. The van der Waals surface area contributed by atoms with Gasteiger partial charge in [-0.25, -0.2) is 0 Å². The second-order valence-electron chi connectivity index (χ2n) is 7.66. The van der Waals surface area contributed by atoms with Crippen molar-refractivity contribution in [3.8, 4) is 11.1 Å². The topological polar surface area (TPSA) is 49.3 Å². The van der Waals surface area contributed by atoms with Crippen LogP contribution in [0.5, 0.6) is 0 Å². The molecule has 0 aromatic heterocycles. The molecule has 0 spiro atoms. The van der Waals surface area contributed by atoms with Crippen LogP contribution >= 0.6 is 0 Å². The molecule has 0 bridgehead atoms. The van der Waals surface area contributed by atoms with Crippen LogP contribution in [0.3, 0.4) is 0 Å². The normalized spacial score (nSPS) is 15.4. The molecule has 0 heterocycles. The van der Waals surface area contributed by atoms with E-state index in [-0.39, 0.29) is 18.4 Å². The first-order valence-corrected chi connectivity index (χ1v) is 9.99. The van der Waals surface area contributed by atoms with E-state index in [1.807, 2.05) is 24.3 Å². The predicted molar refractivity (Wildman–Crippen MR) is 118 cm³/mol. The van der Waals surface area contributed by atoms with Crippen molar-refractivity contribution in [3.63, 3.8) is 0 Å². The number of aliphatic hydroxyl groups excluding tert-OH is 1. The van der Waals surface area contributed by atoms with Gasteiger partial charge in [0.2, 0.25) is 5.91 Å². The standard InChI is InChI=1S/C26H25NO2/c1-18-5-9-21(10-6-18)22-12-11-20-3-2-4-23(16-24(20)15-22)26(29)27-25-13-7-19(17-28)8-14-25/h2-3,5-15,23,28H,4,16-17H2,1H3,(H,27,29). The van der Waals surface area contributed by atoms with E-state index in [1.54, 1.807) is 0 Å². The van der Waals surface area contributed by atoms with Crippen molar-refractivity contribution in [2.75, 3.05) is 5.32 Å². The van der Waals surface area contributed by atoms with Crippen LogP contribution in [0.15, 0.2) is 72.8 Å². The van der Waals surface area contributed by atoms with Gasteiger partial charge < -0.3 is 10.4 Å². The molecule has 0 saturated heterocycles. The summed E-state index contributed by atoms with van der Waals surface area (Å²) in [5, 5.41) is 12.2. The summed E-state index contributed by atoms with van der Waals surface area (Å²) in [5.74, 6) is -0.0849. The quantitative estimate of drug-likeness (QED) is 0.636. The average Bonchev–Trinajstić information content (AvgIpc) is 2.97. The number of carbonyl (C=O) groups excluding carboxylic acids is 1. The Balaban J connectivity index is 1.53. The summed E-state index contributed by atoms with van der Waals surface area (Å²) < 4.78 is 0. The molecule has 3 aromatic carbocycles. The Bertz CT molecular complexity index is 1030. The van der Waals surface area contributed by atoms with Gasteiger partial charge in [-0.2, -0.15) is 0 Å². The van der Waals surface area contributed by atoms with Crippen molar-refractivity contribution in [1.82, 2.24) is 0 Å². The van der Waals surface area contributed by atoms with Crippen LogP contribution in [0.4, 0.5) is 5.69 Å². The molecule has 3 nitrogen and oxygen atoms in total. The lowest BCUT2D eigenvalue weighted by Gasteiger charge is -2.16. The predicted octanol–water partition coefficient (Wildman–Crippen LogP) is 5.37. The minimum atomic E-state index is -0.113. The number of benzene rings is 3. The van der Waals surface area contributed by atoms with E-state index < -0.39 is 0 Å². The smallest absolute Gasteiger partial charge is 0.228 e. The first-order chi connectivity index (χ1) is 14.1. The molecule has 146 valence electrons. The molecule has 3 heteroatoms. The number of aryl methyl sites for hydroxylation is 1. The van der Waals surface area contributed by atoms with Crippen LogP contribution < -0.4 is 5.32 Å². The molecular weight excluding hydrogens is 358 g/mol. The summed E-state index contributed by atoms with van der Waals surface area (Å²) in [5.41, 5.74) is 7.59. The SMILES string of the molecule is Cc1ccc(-c2ccc3c(c2)CC(C(=O)Nc2ccc(CO)cc2)CC=C3)cc1. The fourth-order valence-electron chi connectivity index (χ4n) is 3.72. The maximum Gasteiger partial charge on any atom is 0.228 e. The largest absolute Gasteiger partial charge is 0.392 e. The van der Waals surface area contributed by atoms with Crippen molar-refractivity contribution in [2.24, 2.45) is 5.92 Å². The van der Waals surface area contributed by atoms with E-state index >= 15 is 0 Å². The van der Waals surface area contributed by atoms with Gasteiger partial charge in [0.05, 0.1) is 6.61 Å². The lowest BCUT2D eigenvalue weighted by molar-refractivity contribution is -0.119. The molecule has 4 rings (SSSR count).